The molecule has 3 atom stereocenters. The number of nitrogens with two attached hydrogens (primary N) is 1. The summed E-state index contributed by atoms with van der Waals surface area (Å²) in [4.78, 5) is 25.6. The zero-order chi connectivity index (χ0) is 34.3. The summed E-state index contributed by atoms with van der Waals surface area (Å²) in [7, 11) is 0. The molecule has 2 aliphatic rings. The van der Waals surface area contributed by atoms with Gasteiger partial charge in [-0.05, 0) is 74.6 Å². The second-order valence-electron chi connectivity index (χ2n) is 12.4. The quantitative estimate of drug-likeness (QED) is 0.227. The number of piperidine rings is 1. The third kappa shape index (κ3) is 8.01. The van der Waals surface area contributed by atoms with Crippen LogP contribution < -0.4 is 25.4 Å². The lowest BCUT2D eigenvalue weighted by Crippen LogP contribution is -2.48. The second-order valence-corrected chi connectivity index (χ2v) is 12.4. The van der Waals surface area contributed by atoms with Crippen LogP contribution in [0, 0.1) is 17.2 Å². The fraction of sp³-hybridized carbons (Fsp3) is 0.500. The number of aromatic nitrogens is 2. The average molecular weight is 665 g/mol. The third-order valence-corrected chi connectivity index (χ3v) is 9.38. The Morgan fingerprint density at radius 1 is 1.15 bits per heavy atom. The Morgan fingerprint density at radius 2 is 1.94 bits per heavy atom. The molecule has 1 aliphatic carbocycles. The SMILES string of the molecule is CCOc1ncccc1-c1ccc(N2CC[C@@H](Oc3ccc(C(F)(F)F)cc3C#N)C[C@H]2CC)c(C(=O)N[C@H](CN)C2CCCCC2)n1. The van der Waals surface area contributed by atoms with Gasteiger partial charge < -0.3 is 25.4 Å². The van der Waals surface area contributed by atoms with Crippen LogP contribution in [0.1, 0.15) is 86.8 Å². The fourth-order valence-corrected chi connectivity index (χ4v) is 6.88. The molecule has 48 heavy (non-hydrogen) atoms. The van der Waals surface area contributed by atoms with Gasteiger partial charge in [0.2, 0.25) is 5.88 Å². The standard InChI is InChI=1S/C36H43F3N6O3/c1-3-26-20-27(48-32-15-12-25(36(37,38)39)19-24(32)21-40)16-18-45(26)31-14-13-29(28-11-8-17-42-35(28)47-4-2)43-33(31)34(46)44-30(22-41)23-9-6-5-7-10-23/h8,11-15,17,19,23,26-27,30H,3-7,9-10,16,18,20,22,41H2,1-2H3,(H,44,46)/t26-,27-,30-/m1/s1. The molecule has 3 heterocycles. The minimum atomic E-state index is -4.56. The van der Waals surface area contributed by atoms with Crippen molar-refractivity contribution in [3.8, 4) is 29.0 Å². The monoisotopic (exact) mass is 664 g/mol. The molecule has 1 saturated heterocycles. The maximum atomic E-state index is 14.1. The first kappa shape index (κ1) is 35.0. The Kier molecular flexibility index (Phi) is 11.4. The van der Waals surface area contributed by atoms with Crippen LogP contribution in [0.5, 0.6) is 11.6 Å². The number of hydrogen-bond donors (Lipinski definition) is 2. The zero-order valence-electron chi connectivity index (χ0n) is 27.4. The van der Waals surface area contributed by atoms with E-state index in [2.05, 4.69) is 15.2 Å². The molecule has 0 spiro atoms. The van der Waals surface area contributed by atoms with E-state index in [1.807, 2.05) is 38.1 Å². The number of hydrogen-bond acceptors (Lipinski definition) is 8. The summed E-state index contributed by atoms with van der Waals surface area (Å²) in [6.45, 7) is 5.18. The highest BCUT2D eigenvalue weighted by atomic mass is 19.4. The molecule has 9 nitrogen and oxygen atoms in total. The van der Waals surface area contributed by atoms with Crippen molar-refractivity contribution in [3.05, 3.63) is 65.5 Å². The summed E-state index contributed by atoms with van der Waals surface area (Å²) in [5.41, 5.74) is 7.33. The number of nitrogens with one attached hydrogen (secondary N) is 1. The van der Waals surface area contributed by atoms with Crippen molar-refractivity contribution in [2.75, 3.05) is 24.6 Å². The van der Waals surface area contributed by atoms with Crippen molar-refractivity contribution in [1.82, 2.24) is 15.3 Å². The molecule has 2 fully saturated rings. The van der Waals surface area contributed by atoms with E-state index >= 15 is 0 Å². The van der Waals surface area contributed by atoms with Crippen molar-refractivity contribution in [3.63, 3.8) is 0 Å². The molecule has 1 saturated carbocycles. The predicted octanol–water partition coefficient (Wildman–Crippen LogP) is 6.90. The summed E-state index contributed by atoms with van der Waals surface area (Å²) >= 11 is 0. The number of alkyl halides is 3. The largest absolute Gasteiger partial charge is 0.489 e. The molecule has 0 bridgehead atoms. The number of nitrogens with zero attached hydrogens (tertiary/aromatic N) is 4. The number of carbonyl (C=O) groups is 1. The Bertz CT molecular complexity index is 1600. The molecule has 0 unspecified atom stereocenters. The lowest BCUT2D eigenvalue weighted by molar-refractivity contribution is -0.137. The molecule has 1 amide bonds. The first-order chi connectivity index (χ1) is 23.2. The van der Waals surface area contributed by atoms with E-state index in [4.69, 9.17) is 20.2 Å². The summed E-state index contributed by atoms with van der Waals surface area (Å²) in [5, 5.41) is 12.8. The molecule has 5 rings (SSSR count). The number of pyridine rings is 2. The number of rotatable bonds is 11. The number of amides is 1. The molecular formula is C36H43F3N6O3. The normalized spacial score (nSPS) is 19.3. The van der Waals surface area contributed by atoms with Crippen LogP contribution in [0.2, 0.25) is 0 Å². The van der Waals surface area contributed by atoms with E-state index in [0.29, 0.717) is 67.7 Å². The van der Waals surface area contributed by atoms with E-state index < -0.39 is 11.7 Å². The van der Waals surface area contributed by atoms with Crippen molar-refractivity contribution in [1.29, 1.82) is 5.26 Å². The van der Waals surface area contributed by atoms with Crippen LogP contribution >= 0.6 is 0 Å². The fourth-order valence-electron chi connectivity index (χ4n) is 6.88. The van der Waals surface area contributed by atoms with E-state index in [0.717, 1.165) is 37.8 Å². The van der Waals surface area contributed by atoms with Crippen LogP contribution in [-0.2, 0) is 6.18 Å². The maximum Gasteiger partial charge on any atom is 0.416 e. The third-order valence-electron chi connectivity index (χ3n) is 9.38. The molecule has 256 valence electrons. The van der Waals surface area contributed by atoms with E-state index in [9.17, 15) is 23.2 Å². The maximum absolute atomic E-state index is 14.1. The lowest BCUT2D eigenvalue weighted by atomic mass is 9.84. The predicted molar refractivity (Wildman–Crippen MR) is 177 cm³/mol. The number of anilines is 1. The summed E-state index contributed by atoms with van der Waals surface area (Å²) in [5.74, 6) is 0.563. The number of nitriles is 1. The van der Waals surface area contributed by atoms with Crippen molar-refractivity contribution < 1.29 is 27.4 Å². The van der Waals surface area contributed by atoms with Gasteiger partial charge in [-0.1, -0.05) is 26.2 Å². The molecule has 12 heteroatoms. The smallest absolute Gasteiger partial charge is 0.416 e. The Balaban J connectivity index is 1.44. The van der Waals surface area contributed by atoms with Gasteiger partial charge in [-0.2, -0.15) is 18.4 Å². The minimum Gasteiger partial charge on any atom is -0.489 e. The number of halogens is 3. The van der Waals surface area contributed by atoms with Crippen molar-refractivity contribution in [2.45, 2.75) is 89.6 Å². The molecular weight excluding hydrogens is 621 g/mol. The van der Waals surface area contributed by atoms with Crippen LogP contribution in [0.4, 0.5) is 18.9 Å². The Morgan fingerprint density at radius 3 is 2.62 bits per heavy atom. The first-order valence-corrected chi connectivity index (χ1v) is 16.8. The minimum absolute atomic E-state index is 0.0658. The van der Waals surface area contributed by atoms with E-state index in [1.54, 1.807) is 12.3 Å². The number of carbonyl (C=O) groups excluding carboxylic acids is 1. The van der Waals surface area contributed by atoms with Crippen molar-refractivity contribution in [2.24, 2.45) is 11.7 Å². The highest BCUT2D eigenvalue weighted by molar-refractivity contribution is 5.99. The Labute approximate surface area is 279 Å². The molecule has 1 aromatic carbocycles. The first-order valence-electron chi connectivity index (χ1n) is 16.8. The van der Waals surface area contributed by atoms with E-state index in [-0.39, 0.29) is 41.1 Å². The molecule has 2 aromatic heterocycles. The second kappa shape index (κ2) is 15.7. The summed E-state index contributed by atoms with van der Waals surface area (Å²) in [6.07, 6.45) is 4.00. The van der Waals surface area contributed by atoms with Gasteiger partial charge >= 0.3 is 6.18 Å². The molecule has 3 N–H and O–H groups in total. The molecule has 3 aromatic rings. The summed E-state index contributed by atoms with van der Waals surface area (Å²) in [6, 6.07) is 12.0. The van der Waals surface area contributed by atoms with Gasteiger partial charge in [0.25, 0.3) is 5.91 Å². The van der Waals surface area contributed by atoms with Gasteiger partial charge in [0.15, 0.2) is 5.69 Å². The summed E-state index contributed by atoms with van der Waals surface area (Å²) < 4.78 is 51.6. The van der Waals surface area contributed by atoms with Crippen LogP contribution in [-0.4, -0.2) is 53.8 Å². The highest BCUT2D eigenvalue weighted by Crippen LogP contribution is 2.36. The van der Waals surface area contributed by atoms with E-state index in [1.165, 1.54) is 12.5 Å². The average Bonchev–Trinajstić information content (AvgIpc) is 3.10. The van der Waals surface area contributed by atoms with Gasteiger partial charge in [0.05, 0.1) is 34.7 Å². The van der Waals surface area contributed by atoms with Crippen LogP contribution in [0.25, 0.3) is 11.3 Å². The topological polar surface area (TPSA) is 126 Å². The highest BCUT2D eigenvalue weighted by Gasteiger charge is 2.35. The van der Waals surface area contributed by atoms with Gasteiger partial charge in [0.1, 0.15) is 17.9 Å². The Hall–Kier alpha value is -4.37. The number of ether oxygens (including phenoxy) is 2. The van der Waals surface area contributed by atoms with Gasteiger partial charge in [-0.3, -0.25) is 4.79 Å². The molecule has 1 aliphatic heterocycles. The zero-order valence-corrected chi connectivity index (χ0v) is 27.4. The number of benzene rings is 1. The lowest BCUT2D eigenvalue weighted by Gasteiger charge is -2.41. The van der Waals surface area contributed by atoms with Gasteiger partial charge in [0, 0.05) is 44.2 Å². The van der Waals surface area contributed by atoms with Gasteiger partial charge in [-0.25, -0.2) is 9.97 Å². The van der Waals surface area contributed by atoms with Gasteiger partial charge in [-0.15, -0.1) is 0 Å². The van der Waals surface area contributed by atoms with Crippen LogP contribution in [0.3, 0.4) is 0 Å². The van der Waals surface area contributed by atoms with Crippen molar-refractivity contribution >= 4 is 11.6 Å². The molecule has 0 radical (unpaired) electrons. The van der Waals surface area contributed by atoms with Crippen LogP contribution in [0.15, 0.2) is 48.7 Å².